The van der Waals surface area contributed by atoms with Crippen LogP contribution in [0, 0.1) is 0 Å². The molecule has 0 atom stereocenters. The smallest absolute Gasteiger partial charge is 0.276 e. The number of hydrogen-bond donors (Lipinski definition) is 3. The molecular weight excluding hydrogens is 265 g/mol. The van der Waals surface area contributed by atoms with Crippen molar-refractivity contribution in [2.75, 3.05) is 5.32 Å². The van der Waals surface area contributed by atoms with Gasteiger partial charge >= 0.3 is 0 Å². The second kappa shape index (κ2) is 3.45. The first kappa shape index (κ1) is 10.6. The van der Waals surface area contributed by atoms with Gasteiger partial charge in [-0.3, -0.25) is 4.57 Å². The number of hydrogen-bond acceptors (Lipinski definition) is 4. The highest BCUT2D eigenvalue weighted by molar-refractivity contribution is 6.42. The molecule has 1 aliphatic rings. The Hall–Kier alpha value is -1.59. The Balaban J connectivity index is 2.18. The number of nitrogens with zero attached hydrogens (tertiary/aromatic N) is 2. The largest absolute Gasteiger partial charge is 0.491 e. The van der Waals surface area contributed by atoms with Gasteiger partial charge in [-0.15, -0.1) is 0 Å². The van der Waals surface area contributed by atoms with E-state index in [4.69, 9.17) is 23.2 Å². The second-order valence-electron chi connectivity index (χ2n) is 3.68. The number of imidazole rings is 1. The SMILES string of the molecule is Oc1nc2n(c1O)Cc1c(ccc(Cl)c1Cl)N2. The van der Waals surface area contributed by atoms with Crippen LogP contribution in [0.2, 0.25) is 10.0 Å². The number of benzene rings is 1. The zero-order valence-corrected chi connectivity index (χ0v) is 9.92. The normalized spacial score (nSPS) is 12.8. The summed E-state index contributed by atoms with van der Waals surface area (Å²) in [5.41, 5.74) is 1.51. The van der Waals surface area contributed by atoms with Crippen LogP contribution in [0.5, 0.6) is 11.8 Å². The molecule has 0 saturated heterocycles. The Labute approximate surface area is 106 Å². The molecule has 0 bridgehead atoms. The standard InChI is InChI=1S/C10H7Cl2N3O2/c11-5-1-2-6-4(7(5)12)3-15-9(17)8(16)14-10(15)13-6/h1-2,16-17H,3H2,(H,13,14). The maximum Gasteiger partial charge on any atom is 0.276 e. The predicted molar refractivity (Wildman–Crippen MR) is 64.4 cm³/mol. The number of aromatic hydroxyl groups is 2. The average molecular weight is 272 g/mol. The summed E-state index contributed by atoms with van der Waals surface area (Å²) in [7, 11) is 0. The van der Waals surface area contributed by atoms with Gasteiger partial charge in [0.25, 0.3) is 11.8 Å². The van der Waals surface area contributed by atoms with E-state index in [9.17, 15) is 10.2 Å². The van der Waals surface area contributed by atoms with E-state index in [1.54, 1.807) is 12.1 Å². The molecule has 0 unspecified atom stereocenters. The Morgan fingerprint density at radius 3 is 2.82 bits per heavy atom. The van der Waals surface area contributed by atoms with Crippen LogP contribution in [-0.2, 0) is 6.54 Å². The van der Waals surface area contributed by atoms with Crippen molar-refractivity contribution in [1.82, 2.24) is 9.55 Å². The molecule has 1 aliphatic heterocycles. The van der Waals surface area contributed by atoms with Crippen LogP contribution in [0.3, 0.4) is 0 Å². The van der Waals surface area contributed by atoms with E-state index in [1.807, 2.05) is 0 Å². The van der Waals surface area contributed by atoms with Crippen LogP contribution in [0.25, 0.3) is 0 Å². The molecule has 1 aromatic heterocycles. The van der Waals surface area contributed by atoms with Crippen molar-refractivity contribution in [1.29, 1.82) is 0 Å². The highest BCUT2D eigenvalue weighted by Crippen LogP contribution is 2.40. The van der Waals surface area contributed by atoms with Crippen LogP contribution in [0.1, 0.15) is 5.56 Å². The van der Waals surface area contributed by atoms with Gasteiger partial charge in [-0.05, 0) is 12.1 Å². The number of fused-ring (bicyclic) bond motifs is 2. The summed E-state index contributed by atoms with van der Waals surface area (Å²) in [6, 6.07) is 3.45. The minimum Gasteiger partial charge on any atom is -0.491 e. The summed E-state index contributed by atoms with van der Waals surface area (Å²) in [6.45, 7) is 0.302. The fourth-order valence-electron chi connectivity index (χ4n) is 1.82. The van der Waals surface area contributed by atoms with E-state index in [1.165, 1.54) is 4.57 Å². The van der Waals surface area contributed by atoms with Crippen LogP contribution in [-0.4, -0.2) is 19.8 Å². The Morgan fingerprint density at radius 2 is 2.06 bits per heavy atom. The molecule has 0 saturated carbocycles. The molecule has 0 aliphatic carbocycles. The van der Waals surface area contributed by atoms with Gasteiger partial charge in [0.1, 0.15) is 0 Å². The lowest BCUT2D eigenvalue weighted by Gasteiger charge is -2.21. The zero-order chi connectivity index (χ0) is 12.2. The summed E-state index contributed by atoms with van der Waals surface area (Å²) < 4.78 is 1.42. The molecule has 88 valence electrons. The Bertz CT molecular complexity index is 624. The molecule has 3 N–H and O–H groups in total. The van der Waals surface area contributed by atoms with Crippen molar-refractivity contribution >= 4 is 34.8 Å². The van der Waals surface area contributed by atoms with E-state index >= 15 is 0 Å². The molecule has 0 spiro atoms. The van der Waals surface area contributed by atoms with Crippen molar-refractivity contribution in [2.45, 2.75) is 6.54 Å². The highest BCUT2D eigenvalue weighted by Gasteiger charge is 2.24. The van der Waals surface area contributed by atoms with Crippen molar-refractivity contribution in [3.8, 4) is 11.8 Å². The van der Waals surface area contributed by atoms with Gasteiger partial charge in [-0.2, -0.15) is 4.98 Å². The first-order valence-corrected chi connectivity index (χ1v) is 5.56. The summed E-state index contributed by atoms with van der Waals surface area (Å²) >= 11 is 12.0. The Kier molecular flexibility index (Phi) is 2.14. The third-order valence-electron chi connectivity index (χ3n) is 2.68. The lowest BCUT2D eigenvalue weighted by Crippen LogP contribution is -2.13. The highest BCUT2D eigenvalue weighted by atomic mass is 35.5. The molecule has 7 heteroatoms. The zero-order valence-electron chi connectivity index (χ0n) is 8.41. The van der Waals surface area contributed by atoms with Crippen LogP contribution < -0.4 is 5.32 Å². The quantitative estimate of drug-likeness (QED) is 0.588. The van der Waals surface area contributed by atoms with E-state index < -0.39 is 5.88 Å². The lowest BCUT2D eigenvalue weighted by molar-refractivity contribution is 0.370. The third-order valence-corrected chi connectivity index (χ3v) is 3.53. The number of rotatable bonds is 0. The van der Waals surface area contributed by atoms with Gasteiger partial charge < -0.3 is 15.5 Å². The maximum atomic E-state index is 9.60. The van der Waals surface area contributed by atoms with E-state index in [-0.39, 0.29) is 5.88 Å². The molecule has 17 heavy (non-hydrogen) atoms. The summed E-state index contributed by atoms with van der Waals surface area (Å²) in [5, 5.41) is 22.8. The first-order valence-electron chi connectivity index (χ1n) is 4.80. The number of nitrogens with one attached hydrogen (secondary N) is 1. The van der Waals surface area contributed by atoms with Crippen molar-refractivity contribution in [3.05, 3.63) is 27.7 Å². The fourth-order valence-corrected chi connectivity index (χ4v) is 2.22. The fraction of sp³-hybridized carbons (Fsp3) is 0.100. The number of anilines is 2. The molecule has 2 aromatic rings. The van der Waals surface area contributed by atoms with Gasteiger partial charge in [0.05, 0.1) is 16.6 Å². The number of aromatic nitrogens is 2. The average Bonchev–Trinajstić information content (AvgIpc) is 2.58. The molecule has 0 fully saturated rings. The molecule has 1 aromatic carbocycles. The van der Waals surface area contributed by atoms with Gasteiger partial charge in [-0.1, -0.05) is 23.2 Å². The summed E-state index contributed by atoms with van der Waals surface area (Å²) in [6.07, 6.45) is 0. The minimum atomic E-state index is -0.414. The van der Waals surface area contributed by atoms with Crippen molar-refractivity contribution < 1.29 is 10.2 Å². The second-order valence-corrected chi connectivity index (χ2v) is 4.47. The number of halogens is 2. The molecule has 5 nitrogen and oxygen atoms in total. The molecule has 0 amide bonds. The predicted octanol–water partition coefficient (Wildman–Crippen LogP) is 2.71. The third kappa shape index (κ3) is 1.43. The molecular formula is C10H7Cl2N3O2. The summed E-state index contributed by atoms with van der Waals surface area (Å²) in [4.78, 5) is 3.78. The molecule has 3 rings (SSSR count). The van der Waals surface area contributed by atoms with E-state index in [0.717, 1.165) is 11.3 Å². The van der Waals surface area contributed by atoms with Crippen molar-refractivity contribution in [2.24, 2.45) is 0 Å². The topological polar surface area (TPSA) is 70.3 Å². The van der Waals surface area contributed by atoms with Crippen molar-refractivity contribution in [3.63, 3.8) is 0 Å². The minimum absolute atomic E-state index is 0.297. The van der Waals surface area contributed by atoms with E-state index in [0.29, 0.717) is 22.5 Å². The van der Waals surface area contributed by atoms with Gasteiger partial charge in [0.2, 0.25) is 5.95 Å². The van der Waals surface area contributed by atoms with Crippen LogP contribution in [0.4, 0.5) is 11.6 Å². The van der Waals surface area contributed by atoms with Gasteiger partial charge in [0.15, 0.2) is 0 Å². The van der Waals surface area contributed by atoms with Crippen LogP contribution >= 0.6 is 23.2 Å². The Morgan fingerprint density at radius 1 is 1.29 bits per heavy atom. The van der Waals surface area contributed by atoms with Gasteiger partial charge in [-0.25, -0.2) is 0 Å². The monoisotopic (exact) mass is 271 g/mol. The first-order chi connectivity index (χ1) is 8.08. The van der Waals surface area contributed by atoms with Gasteiger partial charge in [0, 0.05) is 11.3 Å². The molecule has 2 heterocycles. The maximum absolute atomic E-state index is 9.60. The lowest BCUT2D eigenvalue weighted by atomic mass is 10.1. The molecule has 0 radical (unpaired) electrons. The van der Waals surface area contributed by atoms with Crippen LogP contribution in [0.15, 0.2) is 12.1 Å². The van der Waals surface area contributed by atoms with E-state index in [2.05, 4.69) is 10.3 Å². The summed E-state index contributed by atoms with van der Waals surface area (Å²) in [5.74, 6) is -0.345.